The van der Waals surface area contributed by atoms with Crippen molar-refractivity contribution in [1.29, 1.82) is 0 Å². The van der Waals surface area contributed by atoms with Crippen molar-refractivity contribution < 1.29 is 23.1 Å². The minimum atomic E-state index is -4.56. The molecule has 1 aromatic heterocycles. The van der Waals surface area contributed by atoms with Gasteiger partial charge in [0.15, 0.2) is 6.04 Å². The number of carboxylic acid groups (broad SMARTS) is 1. The van der Waals surface area contributed by atoms with Crippen LogP contribution < -0.4 is 10.5 Å². The van der Waals surface area contributed by atoms with Crippen molar-refractivity contribution in [3.05, 3.63) is 124 Å². The molecule has 1 saturated heterocycles. The molecule has 0 amide bonds. The van der Waals surface area contributed by atoms with E-state index in [-0.39, 0.29) is 6.54 Å². The summed E-state index contributed by atoms with van der Waals surface area (Å²) in [7, 11) is 0. The molecule has 2 aliphatic rings. The number of piperidine rings is 1. The van der Waals surface area contributed by atoms with Crippen molar-refractivity contribution in [3.8, 4) is 11.1 Å². The monoisotopic (exact) mass is 587 g/mol. The first-order valence-corrected chi connectivity index (χ1v) is 14.4. The average molecular weight is 588 g/mol. The normalized spacial score (nSPS) is 18.9. The van der Waals surface area contributed by atoms with Crippen LogP contribution in [0.3, 0.4) is 0 Å². The van der Waals surface area contributed by atoms with Crippen molar-refractivity contribution in [2.75, 3.05) is 24.5 Å². The number of carbonyl (C=O) groups is 1. The molecule has 6 nitrogen and oxygen atoms in total. The van der Waals surface area contributed by atoms with E-state index in [2.05, 4.69) is 17.0 Å². The average Bonchev–Trinajstić information content (AvgIpc) is 3.38. The maximum atomic E-state index is 13.9. The van der Waals surface area contributed by atoms with E-state index in [1.807, 2.05) is 53.4 Å². The number of nitrogens with zero attached hydrogens (tertiary/aromatic N) is 3. The molecule has 0 saturated carbocycles. The molecule has 6 rings (SSSR count). The molecule has 0 spiro atoms. The number of hydrogen-bond acceptors (Lipinski definition) is 4. The summed E-state index contributed by atoms with van der Waals surface area (Å²) in [4.78, 5) is 30.1. The van der Waals surface area contributed by atoms with Crippen LogP contribution >= 0.6 is 0 Å². The van der Waals surface area contributed by atoms with Crippen LogP contribution in [0.25, 0.3) is 11.1 Å². The number of halogens is 3. The molecule has 0 aliphatic carbocycles. The molecule has 1 fully saturated rings. The van der Waals surface area contributed by atoms with Gasteiger partial charge in [0.2, 0.25) is 0 Å². The Morgan fingerprint density at radius 2 is 1.60 bits per heavy atom. The zero-order valence-corrected chi connectivity index (χ0v) is 23.5. The number of carboxylic acids is 1. The molecule has 9 heteroatoms. The molecule has 222 valence electrons. The van der Waals surface area contributed by atoms with Crippen LogP contribution in [0.4, 0.5) is 19.0 Å². The maximum absolute atomic E-state index is 13.9. The highest BCUT2D eigenvalue weighted by molar-refractivity contribution is 5.84. The smallest absolute Gasteiger partial charge is 0.416 e. The van der Waals surface area contributed by atoms with Gasteiger partial charge in [0, 0.05) is 31.3 Å². The predicted molar refractivity (Wildman–Crippen MR) is 159 cm³/mol. The van der Waals surface area contributed by atoms with Crippen LogP contribution in [-0.4, -0.2) is 40.2 Å². The van der Waals surface area contributed by atoms with Gasteiger partial charge in [0.1, 0.15) is 5.82 Å². The second-order valence-corrected chi connectivity index (χ2v) is 11.4. The number of aliphatic carboxylic acids is 1. The van der Waals surface area contributed by atoms with Gasteiger partial charge in [-0.25, -0.2) is 4.79 Å². The van der Waals surface area contributed by atoms with Crippen LogP contribution in [0.5, 0.6) is 0 Å². The first-order valence-electron chi connectivity index (χ1n) is 14.4. The van der Waals surface area contributed by atoms with E-state index in [4.69, 9.17) is 0 Å². The molecular weight excluding hydrogens is 555 g/mol. The Bertz CT molecular complexity index is 1670. The fourth-order valence-electron chi connectivity index (χ4n) is 6.51. The maximum Gasteiger partial charge on any atom is 0.416 e. The Morgan fingerprint density at radius 1 is 0.884 bits per heavy atom. The fourth-order valence-corrected chi connectivity index (χ4v) is 6.51. The number of aromatic nitrogens is 1. The van der Waals surface area contributed by atoms with Gasteiger partial charge in [-0.05, 0) is 59.7 Å². The van der Waals surface area contributed by atoms with E-state index in [1.165, 1.54) is 22.3 Å². The van der Waals surface area contributed by atoms with Gasteiger partial charge >= 0.3 is 12.1 Å². The van der Waals surface area contributed by atoms with Crippen molar-refractivity contribution in [2.45, 2.75) is 44.1 Å². The highest BCUT2D eigenvalue weighted by Gasteiger charge is 2.38. The molecule has 3 heterocycles. The summed E-state index contributed by atoms with van der Waals surface area (Å²) in [5.74, 6) is -0.522. The Balaban J connectivity index is 1.49. The zero-order chi connectivity index (χ0) is 30.1. The van der Waals surface area contributed by atoms with E-state index in [0.29, 0.717) is 41.5 Å². The first kappa shape index (κ1) is 28.7. The summed E-state index contributed by atoms with van der Waals surface area (Å²) in [5.41, 5.74) is 2.22. The van der Waals surface area contributed by atoms with Gasteiger partial charge in [-0.15, -0.1) is 0 Å². The fraction of sp³-hybridized carbons (Fsp3) is 0.294. The number of benzene rings is 3. The topological polar surface area (TPSA) is 65.8 Å². The highest BCUT2D eigenvalue weighted by atomic mass is 19.4. The van der Waals surface area contributed by atoms with Crippen molar-refractivity contribution in [1.82, 2.24) is 9.47 Å². The molecule has 1 unspecified atom stereocenters. The van der Waals surface area contributed by atoms with Crippen molar-refractivity contribution in [2.24, 2.45) is 0 Å². The van der Waals surface area contributed by atoms with Crippen LogP contribution in [0.15, 0.2) is 95.8 Å². The van der Waals surface area contributed by atoms with Crippen LogP contribution in [-0.2, 0) is 24.1 Å². The minimum Gasteiger partial charge on any atom is -0.480 e. The summed E-state index contributed by atoms with van der Waals surface area (Å²) < 4.78 is 42.9. The van der Waals surface area contributed by atoms with E-state index >= 15 is 0 Å². The zero-order valence-electron chi connectivity index (χ0n) is 23.5. The van der Waals surface area contributed by atoms with Gasteiger partial charge < -0.3 is 10.0 Å². The molecule has 2 aliphatic heterocycles. The third-order valence-corrected chi connectivity index (χ3v) is 8.46. The molecule has 4 aromatic rings. The van der Waals surface area contributed by atoms with Gasteiger partial charge in [-0.1, -0.05) is 72.8 Å². The Labute approximate surface area is 247 Å². The largest absolute Gasteiger partial charge is 0.480 e. The van der Waals surface area contributed by atoms with Gasteiger partial charge in [-0.2, -0.15) is 13.2 Å². The third-order valence-electron chi connectivity index (χ3n) is 8.46. The van der Waals surface area contributed by atoms with E-state index in [0.717, 1.165) is 43.6 Å². The number of likely N-dealkylation sites (tertiary alicyclic amines) is 1. The number of hydrogen-bond donors (Lipinski definition) is 1. The number of alkyl halides is 3. The summed E-state index contributed by atoms with van der Waals surface area (Å²) in [6.45, 7) is 2.22. The van der Waals surface area contributed by atoms with E-state index < -0.39 is 29.3 Å². The standard InChI is InChI=1S/C34H32F3N3O3/c35-34(36,37)28-15-7-13-25(17-28)31-27(21-38-16-8-14-26(20-38)24-11-5-2-6-12-24)18-30(41)40-29(33(42)43)22-39(32(31)40)19-23-9-3-1-4-10-23/h1-7,9-13,15,17-18,26,29H,8,14,16,19-22H2,(H,42,43)/t26-,29?/m1/s1. The molecule has 0 radical (unpaired) electrons. The summed E-state index contributed by atoms with van der Waals surface area (Å²) in [6.07, 6.45) is -2.59. The number of anilines is 1. The minimum absolute atomic E-state index is 0.0225. The Kier molecular flexibility index (Phi) is 7.83. The van der Waals surface area contributed by atoms with Gasteiger partial charge in [-0.3, -0.25) is 14.3 Å². The second-order valence-electron chi connectivity index (χ2n) is 11.4. The van der Waals surface area contributed by atoms with Gasteiger partial charge in [0.25, 0.3) is 5.56 Å². The Hall–Kier alpha value is -4.37. The SMILES string of the molecule is O=C(O)C1CN(Cc2ccccc2)c2c(-c3cccc(C(F)(F)F)c3)c(CN3CCC[C@@H](c4ccccc4)C3)cc(=O)n21. The quantitative estimate of drug-likeness (QED) is 0.265. The molecule has 0 bridgehead atoms. The van der Waals surface area contributed by atoms with Crippen LogP contribution in [0.2, 0.25) is 0 Å². The summed E-state index contributed by atoms with van der Waals surface area (Å²) in [5, 5.41) is 10.1. The Morgan fingerprint density at radius 3 is 2.30 bits per heavy atom. The number of rotatable bonds is 7. The number of pyridine rings is 1. The second kappa shape index (κ2) is 11.7. The van der Waals surface area contributed by atoms with E-state index in [1.54, 1.807) is 6.07 Å². The van der Waals surface area contributed by atoms with E-state index in [9.17, 15) is 27.9 Å². The lowest BCUT2D eigenvalue weighted by atomic mass is 9.90. The molecule has 2 atom stereocenters. The predicted octanol–water partition coefficient (Wildman–Crippen LogP) is 6.56. The lowest BCUT2D eigenvalue weighted by Crippen LogP contribution is -2.35. The first-order chi connectivity index (χ1) is 20.7. The van der Waals surface area contributed by atoms with Crippen molar-refractivity contribution >= 4 is 11.8 Å². The molecular formula is C34H32F3N3O3. The van der Waals surface area contributed by atoms with Crippen LogP contribution in [0.1, 0.15) is 47.1 Å². The lowest BCUT2D eigenvalue weighted by molar-refractivity contribution is -0.140. The lowest BCUT2D eigenvalue weighted by Gasteiger charge is -2.34. The number of fused-ring (bicyclic) bond motifs is 1. The van der Waals surface area contributed by atoms with Crippen molar-refractivity contribution in [3.63, 3.8) is 0 Å². The van der Waals surface area contributed by atoms with Crippen LogP contribution in [0, 0.1) is 0 Å². The molecule has 43 heavy (non-hydrogen) atoms. The summed E-state index contributed by atoms with van der Waals surface area (Å²) in [6, 6.07) is 25.0. The molecule has 3 aromatic carbocycles. The summed E-state index contributed by atoms with van der Waals surface area (Å²) >= 11 is 0. The molecule has 1 N–H and O–H groups in total. The third kappa shape index (κ3) is 5.95. The highest BCUT2D eigenvalue weighted by Crippen LogP contribution is 2.42. The van der Waals surface area contributed by atoms with Gasteiger partial charge in [0.05, 0.1) is 12.1 Å².